The molecule has 84 valence electrons. The molecule has 1 aromatic carbocycles. The molecular weight excluding hydrogens is 228 g/mol. The maximum Gasteiger partial charge on any atom is 0.330 e. The van der Waals surface area contributed by atoms with E-state index in [9.17, 15) is 9.59 Å². The van der Waals surface area contributed by atoms with Gasteiger partial charge in [-0.2, -0.15) is 0 Å². The third-order valence-corrected chi connectivity index (χ3v) is 2.44. The summed E-state index contributed by atoms with van der Waals surface area (Å²) in [5.41, 5.74) is 1.31. The summed E-state index contributed by atoms with van der Waals surface area (Å²) in [6.07, 6.45) is 2.26. The average Bonchev–Trinajstić information content (AvgIpc) is 2.29. The molecule has 3 nitrogen and oxygen atoms in total. The number of carbonyl (C=O) groups is 2. The highest BCUT2D eigenvalue weighted by atomic mass is 35.5. The minimum atomic E-state index is -0.556. The largest absolute Gasteiger partial charge is 0.466 e. The van der Waals surface area contributed by atoms with E-state index in [1.165, 1.54) is 13.2 Å². The number of methoxy groups -OCH3 is 1. The molecule has 0 N–H and O–H groups in total. The van der Waals surface area contributed by atoms with Crippen molar-refractivity contribution >= 4 is 23.4 Å². The van der Waals surface area contributed by atoms with Gasteiger partial charge in [-0.1, -0.05) is 11.6 Å². The second-order valence-corrected chi connectivity index (χ2v) is 3.59. The van der Waals surface area contributed by atoms with Gasteiger partial charge in [0.15, 0.2) is 5.78 Å². The lowest BCUT2D eigenvalue weighted by Crippen LogP contribution is -1.99. The lowest BCUT2D eigenvalue weighted by molar-refractivity contribution is -0.134. The van der Waals surface area contributed by atoms with Gasteiger partial charge in [-0.05, 0) is 36.8 Å². The SMILES string of the molecule is COC(=O)/C=C/C(=O)c1ccc(Cl)c(C)c1. The van der Waals surface area contributed by atoms with Crippen molar-refractivity contribution in [2.75, 3.05) is 7.11 Å². The molecule has 16 heavy (non-hydrogen) atoms. The molecule has 1 rings (SSSR count). The Morgan fingerprint density at radius 2 is 2.00 bits per heavy atom. The Kier molecular flexibility index (Phi) is 4.26. The molecule has 1 aromatic rings. The summed E-state index contributed by atoms with van der Waals surface area (Å²) < 4.78 is 4.38. The van der Waals surface area contributed by atoms with Crippen molar-refractivity contribution in [2.24, 2.45) is 0 Å². The number of halogens is 1. The molecule has 0 heterocycles. The minimum Gasteiger partial charge on any atom is -0.466 e. The smallest absolute Gasteiger partial charge is 0.330 e. The Morgan fingerprint density at radius 3 is 2.56 bits per heavy atom. The number of rotatable bonds is 3. The van der Waals surface area contributed by atoms with Gasteiger partial charge in [-0.25, -0.2) is 4.79 Å². The predicted molar refractivity (Wildman–Crippen MR) is 61.7 cm³/mol. The van der Waals surface area contributed by atoms with E-state index >= 15 is 0 Å². The van der Waals surface area contributed by atoms with Crippen LogP contribution >= 0.6 is 11.6 Å². The number of hydrogen-bond acceptors (Lipinski definition) is 3. The van der Waals surface area contributed by atoms with Crippen LogP contribution < -0.4 is 0 Å². The van der Waals surface area contributed by atoms with Crippen LogP contribution in [0.25, 0.3) is 0 Å². The monoisotopic (exact) mass is 238 g/mol. The van der Waals surface area contributed by atoms with Crippen molar-refractivity contribution < 1.29 is 14.3 Å². The predicted octanol–water partition coefficient (Wildman–Crippen LogP) is 2.56. The van der Waals surface area contributed by atoms with Crippen LogP contribution in [0.3, 0.4) is 0 Å². The first kappa shape index (κ1) is 12.5. The van der Waals surface area contributed by atoms with Crippen LogP contribution in [0.4, 0.5) is 0 Å². The molecule has 0 bridgehead atoms. The number of hydrogen-bond donors (Lipinski definition) is 0. The summed E-state index contributed by atoms with van der Waals surface area (Å²) in [6, 6.07) is 4.93. The van der Waals surface area contributed by atoms with Crippen molar-refractivity contribution in [3.63, 3.8) is 0 Å². The van der Waals surface area contributed by atoms with E-state index in [-0.39, 0.29) is 5.78 Å². The molecule has 0 atom stereocenters. The zero-order chi connectivity index (χ0) is 12.1. The quantitative estimate of drug-likeness (QED) is 0.462. The van der Waals surface area contributed by atoms with Crippen LogP contribution in [0, 0.1) is 6.92 Å². The molecule has 0 aliphatic carbocycles. The van der Waals surface area contributed by atoms with E-state index in [0.717, 1.165) is 11.6 Å². The van der Waals surface area contributed by atoms with Crippen LogP contribution in [-0.4, -0.2) is 18.9 Å². The van der Waals surface area contributed by atoms with Crippen molar-refractivity contribution in [1.29, 1.82) is 0 Å². The standard InChI is InChI=1S/C12H11ClO3/c1-8-7-9(3-4-10(8)13)11(14)5-6-12(15)16-2/h3-7H,1-2H3/b6-5+. The summed E-state index contributed by atoms with van der Waals surface area (Å²) in [7, 11) is 1.25. The number of carbonyl (C=O) groups excluding carboxylic acids is 2. The van der Waals surface area contributed by atoms with Gasteiger partial charge in [-0.15, -0.1) is 0 Å². The summed E-state index contributed by atoms with van der Waals surface area (Å²) in [4.78, 5) is 22.4. The molecule has 0 spiro atoms. The third-order valence-electron chi connectivity index (χ3n) is 2.01. The topological polar surface area (TPSA) is 43.4 Å². The van der Waals surface area contributed by atoms with E-state index in [2.05, 4.69) is 4.74 Å². The van der Waals surface area contributed by atoms with Crippen LogP contribution in [0.2, 0.25) is 5.02 Å². The molecular formula is C12H11ClO3. The minimum absolute atomic E-state index is 0.259. The number of ketones is 1. The second kappa shape index (κ2) is 5.47. The van der Waals surface area contributed by atoms with Gasteiger partial charge < -0.3 is 4.74 Å². The van der Waals surface area contributed by atoms with Gasteiger partial charge >= 0.3 is 5.97 Å². The number of ether oxygens (including phenoxy) is 1. The van der Waals surface area contributed by atoms with Gasteiger partial charge in [0.1, 0.15) is 0 Å². The van der Waals surface area contributed by atoms with Gasteiger partial charge in [0, 0.05) is 16.7 Å². The van der Waals surface area contributed by atoms with Crippen molar-refractivity contribution in [3.05, 3.63) is 46.5 Å². The second-order valence-electron chi connectivity index (χ2n) is 3.18. The molecule has 0 saturated heterocycles. The van der Waals surface area contributed by atoms with Crippen LogP contribution in [0.1, 0.15) is 15.9 Å². The Balaban J connectivity index is 2.85. The fraction of sp³-hybridized carbons (Fsp3) is 0.167. The van der Waals surface area contributed by atoms with E-state index in [1.54, 1.807) is 18.2 Å². The fourth-order valence-electron chi connectivity index (χ4n) is 1.11. The molecule has 0 unspecified atom stereocenters. The van der Waals surface area contributed by atoms with E-state index in [4.69, 9.17) is 11.6 Å². The zero-order valence-electron chi connectivity index (χ0n) is 8.99. The van der Waals surface area contributed by atoms with Crippen molar-refractivity contribution in [2.45, 2.75) is 6.92 Å². The Bertz CT molecular complexity index is 450. The molecule has 0 amide bonds. The van der Waals surface area contributed by atoms with Gasteiger partial charge in [0.2, 0.25) is 0 Å². The third kappa shape index (κ3) is 3.21. The Labute approximate surface area is 98.7 Å². The number of aryl methyl sites for hydroxylation is 1. The van der Waals surface area contributed by atoms with E-state index < -0.39 is 5.97 Å². The number of benzene rings is 1. The molecule has 0 aliphatic heterocycles. The first-order chi connectivity index (χ1) is 7.54. The van der Waals surface area contributed by atoms with E-state index in [0.29, 0.717) is 10.6 Å². The lowest BCUT2D eigenvalue weighted by atomic mass is 10.1. The molecule has 0 fully saturated rings. The normalized spacial score (nSPS) is 10.4. The Hall–Kier alpha value is -1.61. The van der Waals surface area contributed by atoms with Crippen molar-refractivity contribution in [1.82, 2.24) is 0 Å². The van der Waals surface area contributed by atoms with Crippen molar-refractivity contribution in [3.8, 4) is 0 Å². The van der Waals surface area contributed by atoms with E-state index in [1.807, 2.05) is 6.92 Å². The first-order valence-corrected chi connectivity index (χ1v) is 4.99. The van der Waals surface area contributed by atoms with Crippen LogP contribution in [0.5, 0.6) is 0 Å². The summed E-state index contributed by atoms with van der Waals surface area (Å²) in [6.45, 7) is 1.81. The van der Waals surface area contributed by atoms with Gasteiger partial charge in [-0.3, -0.25) is 4.79 Å². The first-order valence-electron chi connectivity index (χ1n) is 4.61. The maximum absolute atomic E-state index is 11.6. The number of allylic oxidation sites excluding steroid dienone is 1. The van der Waals surface area contributed by atoms with Gasteiger partial charge in [0.05, 0.1) is 7.11 Å². The molecule has 0 radical (unpaired) electrons. The van der Waals surface area contributed by atoms with Gasteiger partial charge in [0.25, 0.3) is 0 Å². The molecule has 4 heteroatoms. The molecule has 0 aromatic heterocycles. The fourth-order valence-corrected chi connectivity index (χ4v) is 1.22. The van der Waals surface area contributed by atoms with Crippen LogP contribution in [0.15, 0.2) is 30.4 Å². The van der Waals surface area contributed by atoms with Crippen LogP contribution in [-0.2, 0) is 9.53 Å². The maximum atomic E-state index is 11.6. The summed E-state index contributed by atoms with van der Waals surface area (Å²) >= 11 is 5.83. The molecule has 0 saturated carbocycles. The highest BCUT2D eigenvalue weighted by Crippen LogP contribution is 2.16. The number of esters is 1. The molecule has 0 aliphatic rings. The Morgan fingerprint density at radius 1 is 1.31 bits per heavy atom. The lowest BCUT2D eigenvalue weighted by Gasteiger charge is -2.00. The average molecular weight is 239 g/mol. The summed E-state index contributed by atoms with van der Waals surface area (Å²) in [5.74, 6) is -0.816. The highest BCUT2D eigenvalue weighted by molar-refractivity contribution is 6.31. The highest BCUT2D eigenvalue weighted by Gasteiger charge is 2.04. The summed E-state index contributed by atoms with van der Waals surface area (Å²) in [5, 5.41) is 0.605. The zero-order valence-corrected chi connectivity index (χ0v) is 9.75.